The summed E-state index contributed by atoms with van der Waals surface area (Å²) < 4.78 is 19.7. The third-order valence-electron chi connectivity index (χ3n) is 3.44. The molecule has 0 saturated carbocycles. The van der Waals surface area contributed by atoms with Crippen molar-refractivity contribution in [2.24, 2.45) is 5.73 Å². The highest BCUT2D eigenvalue weighted by Gasteiger charge is 2.32. The zero-order valence-electron chi connectivity index (χ0n) is 11.3. The van der Waals surface area contributed by atoms with Gasteiger partial charge in [0, 0.05) is 30.2 Å². The maximum absolute atomic E-state index is 14.0. The average Bonchev–Trinajstić information content (AvgIpc) is 2.33. The summed E-state index contributed by atoms with van der Waals surface area (Å²) in [7, 11) is 0. The fourth-order valence-corrected chi connectivity index (χ4v) is 2.74. The van der Waals surface area contributed by atoms with Crippen LogP contribution in [0.5, 0.6) is 0 Å². The third kappa shape index (κ3) is 3.45. The van der Waals surface area contributed by atoms with Crippen molar-refractivity contribution in [3.05, 3.63) is 34.6 Å². The molecule has 1 unspecified atom stereocenters. The zero-order chi connectivity index (χ0) is 14.0. The summed E-state index contributed by atoms with van der Waals surface area (Å²) in [5.74, 6) is -0.260. The number of benzene rings is 1. The molecule has 1 atom stereocenters. The normalized spacial score (nSPS) is 21.3. The molecule has 1 aromatic rings. The van der Waals surface area contributed by atoms with Gasteiger partial charge in [0.1, 0.15) is 5.82 Å². The Morgan fingerprint density at radius 1 is 1.53 bits per heavy atom. The Hall–Kier alpha value is -0.680. The summed E-state index contributed by atoms with van der Waals surface area (Å²) in [5.41, 5.74) is 6.18. The Morgan fingerprint density at radius 3 is 2.89 bits per heavy atom. The molecule has 1 fully saturated rings. The molecule has 1 heterocycles. The van der Waals surface area contributed by atoms with E-state index in [0.29, 0.717) is 23.7 Å². The Labute approximate surface area is 118 Å². The van der Waals surface area contributed by atoms with Gasteiger partial charge in [0.25, 0.3) is 0 Å². The van der Waals surface area contributed by atoms with Crippen molar-refractivity contribution in [2.45, 2.75) is 25.5 Å². The second kappa shape index (κ2) is 5.75. The Bertz CT molecular complexity index is 453. The first kappa shape index (κ1) is 14.7. The van der Waals surface area contributed by atoms with Crippen LogP contribution in [0.1, 0.15) is 25.5 Å². The first-order valence-corrected chi connectivity index (χ1v) is 6.84. The van der Waals surface area contributed by atoms with E-state index >= 15 is 0 Å². The van der Waals surface area contributed by atoms with Crippen LogP contribution in [-0.4, -0.2) is 36.7 Å². The monoisotopic (exact) mass is 286 g/mol. The third-order valence-corrected chi connectivity index (χ3v) is 3.67. The molecule has 1 saturated heterocycles. The fourth-order valence-electron chi connectivity index (χ4n) is 2.56. The lowest BCUT2D eigenvalue weighted by atomic mass is 10.0. The van der Waals surface area contributed by atoms with E-state index in [-0.39, 0.29) is 17.5 Å². The van der Waals surface area contributed by atoms with Crippen LogP contribution in [0.3, 0.4) is 0 Å². The molecule has 1 aliphatic heterocycles. The second-order valence-corrected chi connectivity index (χ2v) is 5.93. The maximum atomic E-state index is 14.0. The molecule has 1 aliphatic rings. The van der Waals surface area contributed by atoms with Gasteiger partial charge in [-0.3, -0.25) is 4.90 Å². The van der Waals surface area contributed by atoms with E-state index in [0.717, 1.165) is 13.1 Å². The van der Waals surface area contributed by atoms with Gasteiger partial charge in [0.05, 0.1) is 18.2 Å². The van der Waals surface area contributed by atoms with E-state index in [1.165, 1.54) is 6.07 Å². The maximum Gasteiger partial charge on any atom is 0.128 e. The zero-order valence-corrected chi connectivity index (χ0v) is 12.1. The standard InChI is InChI=1S/C14H20ClFN2O/c1-14(2)9-18(5-6-19-14)13(8-17)11-7-10(15)3-4-12(11)16/h3-4,7,13H,5-6,8-9,17H2,1-2H3. The number of ether oxygens (including phenoxy) is 1. The SMILES string of the molecule is CC1(C)CN(C(CN)c2cc(Cl)ccc2F)CCO1. The van der Waals surface area contributed by atoms with Gasteiger partial charge in [0.2, 0.25) is 0 Å². The van der Waals surface area contributed by atoms with Crippen molar-refractivity contribution in [1.29, 1.82) is 0 Å². The number of hydrogen-bond donors (Lipinski definition) is 1. The highest BCUT2D eigenvalue weighted by molar-refractivity contribution is 6.30. The van der Waals surface area contributed by atoms with Crippen LogP contribution in [0.25, 0.3) is 0 Å². The van der Waals surface area contributed by atoms with Gasteiger partial charge in [-0.05, 0) is 32.0 Å². The Morgan fingerprint density at radius 2 is 2.26 bits per heavy atom. The molecule has 0 spiro atoms. The quantitative estimate of drug-likeness (QED) is 0.928. The molecule has 106 valence electrons. The fraction of sp³-hybridized carbons (Fsp3) is 0.571. The van der Waals surface area contributed by atoms with E-state index < -0.39 is 0 Å². The first-order valence-electron chi connectivity index (χ1n) is 6.46. The molecule has 0 radical (unpaired) electrons. The summed E-state index contributed by atoms with van der Waals surface area (Å²) in [6, 6.07) is 4.45. The average molecular weight is 287 g/mol. The van der Waals surface area contributed by atoms with E-state index in [1.54, 1.807) is 12.1 Å². The van der Waals surface area contributed by atoms with Crippen LogP contribution in [0, 0.1) is 5.82 Å². The lowest BCUT2D eigenvalue weighted by Gasteiger charge is -2.42. The number of hydrogen-bond acceptors (Lipinski definition) is 3. The highest BCUT2D eigenvalue weighted by atomic mass is 35.5. The number of morpholine rings is 1. The number of nitrogens with zero attached hydrogens (tertiary/aromatic N) is 1. The van der Waals surface area contributed by atoms with Crippen molar-refractivity contribution in [3.63, 3.8) is 0 Å². The molecular weight excluding hydrogens is 267 g/mol. The summed E-state index contributed by atoms with van der Waals surface area (Å²) in [5, 5.41) is 0.530. The molecule has 0 amide bonds. The molecule has 2 N–H and O–H groups in total. The van der Waals surface area contributed by atoms with Crippen molar-refractivity contribution < 1.29 is 9.13 Å². The Balaban J connectivity index is 2.26. The predicted octanol–water partition coefficient (Wildman–Crippen LogP) is 2.59. The van der Waals surface area contributed by atoms with Crippen molar-refractivity contribution in [1.82, 2.24) is 4.90 Å². The van der Waals surface area contributed by atoms with Gasteiger partial charge in [-0.2, -0.15) is 0 Å². The lowest BCUT2D eigenvalue weighted by Crippen LogP contribution is -2.50. The van der Waals surface area contributed by atoms with Crippen LogP contribution in [0.2, 0.25) is 5.02 Å². The van der Waals surface area contributed by atoms with Gasteiger partial charge in [-0.25, -0.2) is 4.39 Å². The first-order chi connectivity index (χ1) is 8.93. The number of halogens is 2. The van der Waals surface area contributed by atoms with Gasteiger partial charge < -0.3 is 10.5 Å². The van der Waals surface area contributed by atoms with Crippen molar-refractivity contribution in [3.8, 4) is 0 Å². The molecule has 0 bridgehead atoms. The predicted molar refractivity (Wildman–Crippen MR) is 74.8 cm³/mol. The van der Waals surface area contributed by atoms with Gasteiger partial charge in [0.15, 0.2) is 0 Å². The van der Waals surface area contributed by atoms with Crippen molar-refractivity contribution in [2.75, 3.05) is 26.2 Å². The smallest absolute Gasteiger partial charge is 0.128 e. The van der Waals surface area contributed by atoms with Crippen LogP contribution < -0.4 is 5.73 Å². The van der Waals surface area contributed by atoms with Gasteiger partial charge >= 0.3 is 0 Å². The molecule has 2 rings (SSSR count). The van der Waals surface area contributed by atoms with E-state index in [4.69, 9.17) is 22.1 Å². The lowest BCUT2D eigenvalue weighted by molar-refractivity contribution is -0.0970. The van der Waals surface area contributed by atoms with Crippen LogP contribution in [0.15, 0.2) is 18.2 Å². The van der Waals surface area contributed by atoms with Gasteiger partial charge in [-0.1, -0.05) is 11.6 Å². The van der Waals surface area contributed by atoms with E-state index in [2.05, 4.69) is 4.90 Å². The molecule has 5 heteroatoms. The largest absolute Gasteiger partial charge is 0.373 e. The van der Waals surface area contributed by atoms with E-state index in [9.17, 15) is 4.39 Å². The molecular formula is C14H20ClFN2O. The summed E-state index contributed by atoms with van der Waals surface area (Å²) in [6.07, 6.45) is 0. The summed E-state index contributed by atoms with van der Waals surface area (Å²) in [6.45, 7) is 6.51. The van der Waals surface area contributed by atoms with E-state index in [1.807, 2.05) is 13.8 Å². The molecule has 19 heavy (non-hydrogen) atoms. The van der Waals surface area contributed by atoms with Crippen LogP contribution in [-0.2, 0) is 4.74 Å². The number of rotatable bonds is 3. The van der Waals surface area contributed by atoms with Crippen molar-refractivity contribution >= 4 is 11.6 Å². The molecule has 1 aromatic carbocycles. The van der Waals surface area contributed by atoms with Crippen LogP contribution >= 0.6 is 11.6 Å². The minimum atomic E-state index is -0.260. The molecule has 0 aromatic heterocycles. The second-order valence-electron chi connectivity index (χ2n) is 5.50. The number of nitrogens with two attached hydrogens (primary N) is 1. The topological polar surface area (TPSA) is 38.5 Å². The summed E-state index contributed by atoms with van der Waals surface area (Å²) in [4.78, 5) is 2.16. The molecule has 0 aliphatic carbocycles. The van der Waals surface area contributed by atoms with Gasteiger partial charge in [-0.15, -0.1) is 0 Å². The highest BCUT2D eigenvalue weighted by Crippen LogP contribution is 2.29. The minimum Gasteiger partial charge on any atom is -0.373 e. The van der Waals surface area contributed by atoms with Crippen LogP contribution in [0.4, 0.5) is 4.39 Å². The molecule has 3 nitrogen and oxygen atoms in total. The summed E-state index contributed by atoms with van der Waals surface area (Å²) >= 11 is 5.96. The Kier molecular flexibility index (Phi) is 4.46. The minimum absolute atomic E-state index is 0.165.